The number of pyridine rings is 2. The van der Waals surface area contributed by atoms with Crippen molar-refractivity contribution >= 4 is 40.5 Å². The summed E-state index contributed by atoms with van der Waals surface area (Å²) in [6.07, 6.45) is 4.10. The number of aromatic nitrogens is 2. The molecule has 1 aliphatic heterocycles. The van der Waals surface area contributed by atoms with Gasteiger partial charge in [0.15, 0.2) is 5.82 Å². The molecule has 0 aliphatic carbocycles. The van der Waals surface area contributed by atoms with Crippen molar-refractivity contribution in [1.29, 1.82) is 0 Å². The van der Waals surface area contributed by atoms with E-state index in [1.165, 1.54) is 11.3 Å². The first-order valence-electron chi connectivity index (χ1n) is 11.9. The number of carbonyl (C=O) groups excluding carboxylic acids is 1. The highest BCUT2D eigenvalue weighted by Gasteiger charge is 2.30. The number of fused-ring (bicyclic) bond motifs is 2. The van der Waals surface area contributed by atoms with Gasteiger partial charge in [-0.25, -0.2) is 14.8 Å². The average Bonchev–Trinajstić information content (AvgIpc) is 3.38. The second-order valence-corrected chi connectivity index (χ2v) is 9.80. The molecule has 0 atom stereocenters. The number of aromatic carboxylic acids is 1. The van der Waals surface area contributed by atoms with Gasteiger partial charge in [0, 0.05) is 37.3 Å². The number of anilines is 3. The first-order valence-corrected chi connectivity index (χ1v) is 12.8. The summed E-state index contributed by atoms with van der Waals surface area (Å²) in [6.45, 7) is 5.03. The second-order valence-electron chi connectivity index (χ2n) is 8.72. The molecule has 4 heterocycles. The summed E-state index contributed by atoms with van der Waals surface area (Å²) < 4.78 is 6.05. The molecule has 0 spiro atoms. The van der Waals surface area contributed by atoms with Gasteiger partial charge in [0.2, 0.25) is 0 Å². The summed E-state index contributed by atoms with van der Waals surface area (Å²) in [5, 5.41) is 9.17. The van der Waals surface area contributed by atoms with Crippen LogP contribution in [0.1, 0.15) is 38.1 Å². The number of aryl methyl sites for hydroxylation is 1. The molecule has 1 aliphatic rings. The van der Waals surface area contributed by atoms with E-state index in [0.29, 0.717) is 41.6 Å². The van der Waals surface area contributed by atoms with Gasteiger partial charge in [0.25, 0.3) is 5.91 Å². The van der Waals surface area contributed by atoms with E-state index in [1.54, 1.807) is 30.4 Å². The van der Waals surface area contributed by atoms with E-state index >= 15 is 0 Å². The quantitative estimate of drug-likeness (QED) is 0.344. The Morgan fingerprint density at radius 3 is 2.68 bits per heavy atom. The summed E-state index contributed by atoms with van der Waals surface area (Å²) in [7, 11) is 1.76. The molecule has 1 aromatic carbocycles. The molecular weight excluding hydrogens is 488 g/mol. The van der Waals surface area contributed by atoms with E-state index in [2.05, 4.69) is 9.97 Å². The first-order chi connectivity index (χ1) is 17.9. The maximum atomic E-state index is 13.3. The predicted molar refractivity (Wildman–Crippen MR) is 145 cm³/mol. The first kappa shape index (κ1) is 24.5. The van der Waals surface area contributed by atoms with E-state index in [4.69, 9.17) is 9.84 Å². The number of amides is 1. The summed E-state index contributed by atoms with van der Waals surface area (Å²) in [5.41, 5.74) is 4.11. The van der Waals surface area contributed by atoms with Crippen LogP contribution in [-0.4, -0.2) is 47.2 Å². The van der Waals surface area contributed by atoms with E-state index in [1.807, 2.05) is 61.2 Å². The molecule has 0 saturated carbocycles. The Labute approximate surface area is 218 Å². The fraction of sp³-hybridized carbons (Fsp3) is 0.214. The molecule has 3 aromatic heterocycles. The van der Waals surface area contributed by atoms with Crippen LogP contribution in [0.5, 0.6) is 5.75 Å². The monoisotopic (exact) mass is 514 g/mol. The van der Waals surface area contributed by atoms with Gasteiger partial charge in [0.05, 0.1) is 17.9 Å². The van der Waals surface area contributed by atoms with Crippen LogP contribution in [-0.2, 0) is 6.42 Å². The van der Waals surface area contributed by atoms with Crippen LogP contribution in [0.2, 0.25) is 0 Å². The van der Waals surface area contributed by atoms with Gasteiger partial charge in [-0.2, -0.15) is 0 Å². The topological polar surface area (TPSA) is 95.9 Å². The van der Waals surface area contributed by atoms with Crippen LogP contribution in [0.15, 0.2) is 60.9 Å². The minimum Gasteiger partial charge on any atom is -0.493 e. The molecule has 8 nitrogen and oxygen atoms in total. The Bertz CT molecular complexity index is 1500. The molecule has 0 radical (unpaired) electrons. The third-order valence-electron chi connectivity index (χ3n) is 6.34. The molecule has 37 heavy (non-hydrogen) atoms. The van der Waals surface area contributed by atoms with E-state index in [-0.39, 0.29) is 5.91 Å². The molecule has 4 aromatic rings. The molecule has 9 heteroatoms. The number of carbonyl (C=O) groups is 2. The van der Waals surface area contributed by atoms with Gasteiger partial charge < -0.3 is 19.6 Å². The van der Waals surface area contributed by atoms with Crippen LogP contribution in [0.25, 0.3) is 10.4 Å². The zero-order valence-corrected chi connectivity index (χ0v) is 21.6. The number of nitrogens with zero attached hydrogens (tertiary/aromatic N) is 4. The van der Waals surface area contributed by atoms with Crippen molar-refractivity contribution in [3.8, 4) is 16.2 Å². The molecule has 0 bridgehead atoms. The summed E-state index contributed by atoms with van der Waals surface area (Å²) in [6, 6.07) is 14.9. The van der Waals surface area contributed by atoms with Gasteiger partial charge in [-0.3, -0.25) is 4.79 Å². The molecule has 1 amide bonds. The average molecular weight is 515 g/mol. The fourth-order valence-electron chi connectivity index (χ4n) is 4.41. The summed E-state index contributed by atoms with van der Waals surface area (Å²) in [4.78, 5) is 38.5. The number of hydrogen-bond donors (Lipinski definition) is 1. The van der Waals surface area contributed by atoms with Gasteiger partial charge in [-0.1, -0.05) is 0 Å². The SMILES string of the molecule is CCN1c2ncc(CCOc3ccc(-c4ccc(C(=O)O)s4)cc3C)cc2C(=O)N(C)c2cccnc21. The van der Waals surface area contributed by atoms with Crippen LogP contribution >= 0.6 is 11.3 Å². The maximum absolute atomic E-state index is 13.3. The minimum atomic E-state index is -0.919. The highest BCUT2D eigenvalue weighted by atomic mass is 32.1. The van der Waals surface area contributed by atoms with Crippen molar-refractivity contribution < 1.29 is 19.4 Å². The Balaban J connectivity index is 1.31. The minimum absolute atomic E-state index is 0.124. The fourth-order valence-corrected chi connectivity index (χ4v) is 5.25. The maximum Gasteiger partial charge on any atom is 0.345 e. The Hall–Kier alpha value is -4.24. The van der Waals surface area contributed by atoms with Crippen LogP contribution < -0.4 is 14.5 Å². The molecule has 0 unspecified atom stereocenters. The number of benzene rings is 1. The zero-order chi connectivity index (χ0) is 26.1. The van der Waals surface area contributed by atoms with Crippen molar-refractivity contribution in [3.05, 3.63) is 82.5 Å². The number of rotatable bonds is 7. The van der Waals surface area contributed by atoms with Crippen molar-refractivity contribution in [2.75, 3.05) is 30.0 Å². The Morgan fingerprint density at radius 2 is 1.95 bits per heavy atom. The second kappa shape index (κ2) is 10.0. The van der Waals surface area contributed by atoms with Crippen LogP contribution in [0, 0.1) is 6.92 Å². The third kappa shape index (κ3) is 4.65. The summed E-state index contributed by atoms with van der Waals surface area (Å²) in [5.74, 6) is 1.03. The molecule has 1 N–H and O–H groups in total. The lowest BCUT2D eigenvalue weighted by molar-refractivity contribution is 0.0702. The number of thiophene rings is 1. The van der Waals surface area contributed by atoms with Crippen molar-refractivity contribution in [3.63, 3.8) is 0 Å². The predicted octanol–water partition coefficient (Wildman–Crippen LogP) is 5.58. The lowest BCUT2D eigenvalue weighted by Crippen LogP contribution is -2.25. The lowest BCUT2D eigenvalue weighted by atomic mass is 10.1. The third-order valence-corrected chi connectivity index (χ3v) is 7.46. The van der Waals surface area contributed by atoms with E-state index in [0.717, 1.165) is 33.0 Å². The number of carboxylic acids is 1. The zero-order valence-electron chi connectivity index (χ0n) is 20.8. The standard InChI is InChI=1S/C28H26N4O4S/c1-4-32-25-20(27(33)31(3)21-6-5-12-29-26(21)32)15-18(16-30-25)11-13-36-22-8-7-19(14-17(22)2)23-9-10-24(37-23)28(34)35/h5-10,12,14-16H,4,11,13H2,1-3H3,(H,34,35). The number of carboxylic acid groups (broad SMARTS) is 1. The van der Waals surface area contributed by atoms with Gasteiger partial charge >= 0.3 is 5.97 Å². The van der Waals surface area contributed by atoms with Crippen molar-refractivity contribution in [2.45, 2.75) is 20.3 Å². The van der Waals surface area contributed by atoms with Crippen molar-refractivity contribution in [1.82, 2.24) is 9.97 Å². The Kier molecular flexibility index (Phi) is 6.62. The van der Waals surface area contributed by atoms with E-state index < -0.39 is 5.97 Å². The molecule has 188 valence electrons. The highest BCUT2D eigenvalue weighted by Crippen LogP contribution is 2.37. The molecule has 5 rings (SSSR count). The van der Waals surface area contributed by atoms with Crippen LogP contribution in [0.3, 0.4) is 0 Å². The number of hydrogen-bond acceptors (Lipinski definition) is 7. The Morgan fingerprint density at radius 1 is 1.11 bits per heavy atom. The number of ether oxygens (including phenoxy) is 1. The van der Waals surface area contributed by atoms with Crippen molar-refractivity contribution in [2.24, 2.45) is 0 Å². The van der Waals surface area contributed by atoms with Gasteiger partial charge in [0.1, 0.15) is 16.4 Å². The van der Waals surface area contributed by atoms with E-state index in [9.17, 15) is 9.59 Å². The van der Waals surface area contributed by atoms with Crippen LogP contribution in [0.4, 0.5) is 17.3 Å². The highest BCUT2D eigenvalue weighted by molar-refractivity contribution is 7.17. The molecule has 0 saturated heterocycles. The normalized spacial score (nSPS) is 12.7. The smallest absolute Gasteiger partial charge is 0.345 e. The molecular formula is C28H26N4O4S. The van der Waals surface area contributed by atoms with Gasteiger partial charge in [-0.15, -0.1) is 11.3 Å². The molecule has 0 fully saturated rings. The lowest BCUT2D eigenvalue weighted by Gasteiger charge is -2.22. The largest absolute Gasteiger partial charge is 0.493 e. The van der Waals surface area contributed by atoms with Gasteiger partial charge in [-0.05, 0) is 79.1 Å². The summed E-state index contributed by atoms with van der Waals surface area (Å²) >= 11 is 1.25.